The molecule has 0 saturated carbocycles. The molecule has 0 atom stereocenters. The molecule has 1 aromatic rings. The van der Waals surface area contributed by atoms with E-state index in [0.717, 1.165) is 6.08 Å². The zero-order valence-corrected chi connectivity index (χ0v) is 10.2. The molecule has 4 nitrogen and oxygen atoms in total. The Morgan fingerprint density at radius 1 is 1.42 bits per heavy atom. The number of hydrogen-bond acceptors (Lipinski definition) is 2. The van der Waals surface area contributed by atoms with Crippen molar-refractivity contribution in [1.29, 1.82) is 0 Å². The van der Waals surface area contributed by atoms with Gasteiger partial charge in [-0.3, -0.25) is 4.79 Å². The van der Waals surface area contributed by atoms with Crippen molar-refractivity contribution < 1.29 is 23.5 Å². The van der Waals surface area contributed by atoms with Gasteiger partial charge in [0.2, 0.25) is 0 Å². The predicted octanol–water partition coefficient (Wildman–Crippen LogP) is 2.09. The Kier molecular flexibility index (Phi) is 5.17. The topological polar surface area (TPSA) is 66.4 Å². The summed E-state index contributed by atoms with van der Waals surface area (Å²) in [5, 5.41) is 10.6. The Bertz CT molecular complexity index is 513. The molecule has 102 valence electrons. The van der Waals surface area contributed by atoms with Crippen LogP contribution in [0, 0.1) is 6.92 Å². The summed E-state index contributed by atoms with van der Waals surface area (Å²) < 4.78 is 23.9. The third-order valence-electron chi connectivity index (χ3n) is 2.35. The summed E-state index contributed by atoms with van der Waals surface area (Å²) in [7, 11) is 0. The largest absolute Gasteiger partial charge is 0.478 e. The second-order valence-corrected chi connectivity index (χ2v) is 3.84. The SMILES string of the molecule is Cc1cc(C(=O)NCC(F)F)ccc1/C=C/C(=O)O. The first-order valence-corrected chi connectivity index (χ1v) is 5.48. The Morgan fingerprint density at radius 3 is 2.63 bits per heavy atom. The Balaban J connectivity index is 2.81. The van der Waals surface area contributed by atoms with Crippen molar-refractivity contribution in [3.8, 4) is 0 Å². The van der Waals surface area contributed by atoms with Crippen molar-refractivity contribution in [3.63, 3.8) is 0 Å². The number of hydrogen-bond donors (Lipinski definition) is 2. The molecule has 0 aromatic heterocycles. The number of carbonyl (C=O) groups excluding carboxylic acids is 1. The third kappa shape index (κ3) is 4.87. The average molecular weight is 269 g/mol. The van der Waals surface area contributed by atoms with Crippen LogP contribution in [0.2, 0.25) is 0 Å². The molecule has 0 unspecified atom stereocenters. The molecule has 0 spiro atoms. The summed E-state index contributed by atoms with van der Waals surface area (Å²) in [4.78, 5) is 21.9. The van der Waals surface area contributed by atoms with Gasteiger partial charge in [-0.15, -0.1) is 0 Å². The van der Waals surface area contributed by atoms with Crippen molar-refractivity contribution in [1.82, 2.24) is 5.32 Å². The highest BCUT2D eigenvalue weighted by Gasteiger charge is 2.09. The van der Waals surface area contributed by atoms with Crippen molar-refractivity contribution in [2.75, 3.05) is 6.54 Å². The van der Waals surface area contributed by atoms with Gasteiger partial charge < -0.3 is 10.4 Å². The van der Waals surface area contributed by atoms with Crippen LogP contribution in [0.15, 0.2) is 24.3 Å². The number of nitrogens with one attached hydrogen (secondary N) is 1. The Labute approximate surface area is 108 Å². The number of alkyl halides is 2. The molecule has 0 bridgehead atoms. The average Bonchev–Trinajstić information content (AvgIpc) is 2.34. The summed E-state index contributed by atoms with van der Waals surface area (Å²) in [5.74, 6) is -1.66. The van der Waals surface area contributed by atoms with Crippen LogP contribution in [0.4, 0.5) is 8.78 Å². The number of aliphatic carboxylic acids is 1. The summed E-state index contributed by atoms with van der Waals surface area (Å²) >= 11 is 0. The first-order chi connectivity index (χ1) is 8.90. The monoisotopic (exact) mass is 269 g/mol. The fraction of sp³-hybridized carbons (Fsp3) is 0.231. The molecule has 1 amide bonds. The van der Waals surface area contributed by atoms with E-state index < -0.39 is 24.8 Å². The minimum absolute atomic E-state index is 0.255. The zero-order valence-electron chi connectivity index (χ0n) is 10.2. The second-order valence-electron chi connectivity index (χ2n) is 3.84. The van der Waals surface area contributed by atoms with Gasteiger partial charge in [0, 0.05) is 11.6 Å². The van der Waals surface area contributed by atoms with Crippen LogP contribution in [0.3, 0.4) is 0 Å². The number of rotatable bonds is 5. The van der Waals surface area contributed by atoms with Crippen LogP contribution in [0.1, 0.15) is 21.5 Å². The Hall–Kier alpha value is -2.24. The number of halogens is 2. The van der Waals surface area contributed by atoms with Crippen molar-refractivity contribution in [3.05, 3.63) is 41.0 Å². The number of benzene rings is 1. The van der Waals surface area contributed by atoms with Gasteiger partial charge in [0.15, 0.2) is 0 Å². The molecule has 0 aliphatic heterocycles. The highest BCUT2D eigenvalue weighted by molar-refractivity contribution is 5.95. The maximum absolute atomic E-state index is 12.0. The fourth-order valence-electron chi connectivity index (χ4n) is 1.44. The second kappa shape index (κ2) is 6.63. The van der Waals surface area contributed by atoms with Crippen LogP contribution >= 0.6 is 0 Å². The van der Waals surface area contributed by atoms with Gasteiger partial charge in [-0.2, -0.15) is 0 Å². The van der Waals surface area contributed by atoms with Gasteiger partial charge >= 0.3 is 5.97 Å². The van der Waals surface area contributed by atoms with E-state index in [9.17, 15) is 18.4 Å². The molecule has 1 rings (SSSR count). The van der Waals surface area contributed by atoms with Crippen LogP contribution in [0.25, 0.3) is 6.08 Å². The van der Waals surface area contributed by atoms with Crippen molar-refractivity contribution >= 4 is 18.0 Å². The van der Waals surface area contributed by atoms with Crippen LogP contribution in [-0.2, 0) is 4.79 Å². The normalized spacial score (nSPS) is 10.9. The van der Waals surface area contributed by atoms with E-state index in [1.807, 2.05) is 0 Å². The van der Waals surface area contributed by atoms with E-state index in [-0.39, 0.29) is 5.56 Å². The number of carboxylic acids is 1. The molecule has 1 aromatic carbocycles. The molecule has 0 aliphatic rings. The lowest BCUT2D eigenvalue weighted by Gasteiger charge is -2.06. The first-order valence-electron chi connectivity index (χ1n) is 5.48. The van der Waals surface area contributed by atoms with Crippen molar-refractivity contribution in [2.45, 2.75) is 13.3 Å². The third-order valence-corrected chi connectivity index (χ3v) is 2.35. The quantitative estimate of drug-likeness (QED) is 0.804. The van der Waals surface area contributed by atoms with Gasteiger partial charge in [-0.1, -0.05) is 6.07 Å². The minimum Gasteiger partial charge on any atom is -0.478 e. The smallest absolute Gasteiger partial charge is 0.328 e. The number of carbonyl (C=O) groups is 2. The van der Waals surface area contributed by atoms with E-state index in [0.29, 0.717) is 11.1 Å². The molecule has 0 fully saturated rings. The van der Waals surface area contributed by atoms with E-state index in [2.05, 4.69) is 5.32 Å². The van der Waals surface area contributed by atoms with E-state index >= 15 is 0 Å². The lowest BCUT2D eigenvalue weighted by Crippen LogP contribution is -2.28. The van der Waals surface area contributed by atoms with E-state index in [1.165, 1.54) is 18.2 Å². The summed E-state index contributed by atoms with van der Waals surface area (Å²) in [5.41, 5.74) is 1.58. The lowest BCUT2D eigenvalue weighted by atomic mass is 10.0. The van der Waals surface area contributed by atoms with Gasteiger partial charge in [-0.05, 0) is 36.3 Å². The first kappa shape index (κ1) is 14.8. The predicted molar refractivity (Wildman–Crippen MR) is 66.2 cm³/mol. The van der Waals surface area contributed by atoms with Gasteiger partial charge in [0.25, 0.3) is 12.3 Å². The molecule has 0 heterocycles. The number of amides is 1. The van der Waals surface area contributed by atoms with Crippen LogP contribution in [0.5, 0.6) is 0 Å². The molecule has 0 radical (unpaired) electrons. The minimum atomic E-state index is -2.59. The fourth-order valence-corrected chi connectivity index (χ4v) is 1.44. The van der Waals surface area contributed by atoms with Crippen LogP contribution in [-0.4, -0.2) is 30.0 Å². The molecule has 0 saturated heterocycles. The highest BCUT2D eigenvalue weighted by atomic mass is 19.3. The molecular weight excluding hydrogens is 256 g/mol. The summed E-state index contributed by atoms with van der Waals surface area (Å²) in [6.45, 7) is 1.00. The molecule has 0 aliphatic carbocycles. The highest BCUT2D eigenvalue weighted by Crippen LogP contribution is 2.13. The summed E-state index contributed by atoms with van der Waals surface area (Å²) in [6, 6.07) is 4.53. The summed E-state index contributed by atoms with van der Waals surface area (Å²) in [6.07, 6.45) is -0.208. The molecule has 2 N–H and O–H groups in total. The van der Waals surface area contributed by atoms with Crippen LogP contribution < -0.4 is 5.32 Å². The maximum Gasteiger partial charge on any atom is 0.328 e. The number of carboxylic acid groups (broad SMARTS) is 1. The Morgan fingerprint density at radius 2 is 2.11 bits per heavy atom. The van der Waals surface area contributed by atoms with Gasteiger partial charge in [0.05, 0.1) is 6.54 Å². The number of aryl methyl sites for hydroxylation is 1. The van der Waals surface area contributed by atoms with E-state index in [4.69, 9.17) is 5.11 Å². The molecule has 6 heteroatoms. The van der Waals surface area contributed by atoms with Gasteiger partial charge in [0.1, 0.15) is 0 Å². The van der Waals surface area contributed by atoms with E-state index in [1.54, 1.807) is 13.0 Å². The van der Waals surface area contributed by atoms with Gasteiger partial charge in [-0.25, -0.2) is 13.6 Å². The standard InChI is InChI=1S/C13H13F2NO3/c1-8-6-10(13(19)16-7-11(14)15)3-2-9(8)4-5-12(17)18/h2-6,11H,7H2,1H3,(H,16,19)(H,17,18)/b5-4+. The maximum atomic E-state index is 12.0. The lowest BCUT2D eigenvalue weighted by molar-refractivity contribution is -0.131. The molecular formula is C13H13F2NO3. The zero-order chi connectivity index (χ0) is 14.4. The van der Waals surface area contributed by atoms with Crippen molar-refractivity contribution in [2.24, 2.45) is 0 Å². The molecule has 19 heavy (non-hydrogen) atoms.